The van der Waals surface area contributed by atoms with Gasteiger partial charge in [0.2, 0.25) is 5.13 Å². The number of hydrogen-bond acceptors (Lipinski definition) is 4. The Bertz CT molecular complexity index is 419. The minimum atomic E-state index is 0.724. The molecule has 2 aromatic rings. The van der Waals surface area contributed by atoms with Crippen LogP contribution in [0.1, 0.15) is 17.7 Å². The second-order valence-corrected chi connectivity index (χ2v) is 4.25. The van der Waals surface area contributed by atoms with Gasteiger partial charge in [-0.3, -0.25) is 0 Å². The molecule has 0 saturated carbocycles. The highest BCUT2D eigenvalue weighted by molar-refractivity contribution is 7.12. The maximum Gasteiger partial charge on any atom is 0.210 e. The molecule has 0 radical (unpaired) electrons. The number of thiazole rings is 1. The zero-order valence-electron chi connectivity index (χ0n) is 8.68. The Kier molecular flexibility index (Phi) is 3.13. The van der Waals surface area contributed by atoms with Crippen LogP contribution in [0.3, 0.4) is 0 Å². The largest absolute Gasteiger partial charge is 0.330 e. The Balaban J connectivity index is 2.24. The van der Waals surface area contributed by atoms with Gasteiger partial charge in [-0.15, -0.1) is 11.3 Å². The minimum Gasteiger partial charge on any atom is -0.330 e. The Morgan fingerprint density at radius 1 is 1.53 bits per heavy atom. The van der Waals surface area contributed by atoms with Crippen LogP contribution >= 0.6 is 11.3 Å². The van der Waals surface area contributed by atoms with E-state index in [0.29, 0.717) is 0 Å². The van der Waals surface area contributed by atoms with Gasteiger partial charge in [-0.05, 0) is 31.9 Å². The number of aryl methyl sites for hydroxylation is 1. The van der Waals surface area contributed by atoms with Crippen molar-refractivity contribution in [1.29, 1.82) is 0 Å². The summed E-state index contributed by atoms with van der Waals surface area (Å²) in [6.45, 7) is 2.79. The van der Waals surface area contributed by atoms with Crippen LogP contribution in [0.25, 0.3) is 5.13 Å². The van der Waals surface area contributed by atoms with Crippen LogP contribution in [0.5, 0.6) is 0 Å². The molecule has 0 spiro atoms. The van der Waals surface area contributed by atoms with Gasteiger partial charge in [0.05, 0.1) is 6.20 Å². The lowest BCUT2D eigenvalue weighted by atomic mass is 10.1. The molecule has 0 saturated heterocycles. The van der Waals surface area contributed by atoms with Gasteiger partial charge in [-0.25, -0.2) is 9.67 Å². The zero-order valence-corrected chi connectivity index (χ0v) is 9.50. The van der Waals surface area contributed by atoms with Crippen LogP contribution < -0.4 is 5.73 Å². The average Bonchev–Trinajstić information content (AvgIpc) is 2.84. The normalized spacial score (nSPS) is 10.8. The van der Waals surface area contributed by atoms with E-state index < -0.39 is 0 Å². The molecule has 0 aliphatic rings. The summed E-state index contributed by atoms with van der Waals surface area (Å²) in [5, 5.41) is 7.21. The van der Waals surface area contributed by atoms with Gasteiger partial charge in [0.1, 0.15) is 0 Å². The van der Waals surface area contributed by atoms with Crippen LogP contribution in [0.4, 0.5) is 0 Å². The van der Waals surface area contributed by atoms with Crippen LogP contribution in [0.15, 0.2) is 17.8 Å². The molecule has 0 unspecified atom stereocenters. The molecule has 2 heterocycles. The van der Waals surface area contributed by atoms with Gasteiger partial charge in [-0.2, -0.15) is 5.10 Å². The van der Waals surface area contributed by atoms with Gasteiger partial charge in [-0.1, -0.05) is 0 Å². The molecule has 0 fully saturated rings. The standard InChI is InChI=1S/C10H14N4S/c1-8-9(3-2-4-11)7-13-14(8)10-12-5-6-15-10/h5-7H,2-4,11H2,1H3. The molecular formula is C10H14N4S. The highest BCUT2D eigenvalue weighted by Crippen LogP contribution is 2.16. The maximum absolute atomic E-state index is 5.49. The predicted molar refractivity (Wildman–Crippen MR) is 61.3 cm³/mol. The summed E-state index contributed by atoms with van der Waals surface area (Å²) in [5.74, 6) is 0. The molecule has 2 N–H and O–H groups in total. The van der Waals surface area contributed by atoms with Crippen LogP contribution in [-0.2, 0) is 6.42 Å². The summed E-state index contributed by atoms with van der Waals surface area (Å²) in [6.07, 6.45) is 5.70. The first-order valence-corrected chi connectivity index (χ1v) is 5.84. The van der Waals surface area contributed by atoms with E-state index in [9.17, 15) is 0 Å². The molecule has 0 amide bonds. The van der Waals surface area contributed by atoms with Crippen molar-refractivity contribution in [3.05, 3.63) is 29.0 Å². The van der Waals surface area contributed by atoms with Crippen molar-refractivity contribution in [2.45, 2.75) is 19.8 Å². The first-order chi connectivity index (χ1) is 7.33. The molecular weight excluding hydrogens is 208 g/mol. The Morgan fingerprint density at radius 3 is 3.07 bits per heavy atom. The lowest BCUT2D eigenvalue weighted by Gasteiger charge is -2.00. The SMILES string of the molecule is Cc1c(CCCN)cnn1-c1nccs1. The molecule has 0 bridgehead atoms. The van der Waals surface area contributed by atoms with Crippen LogP contribution in [0, 0.1) is 6.92 Å². The van der Waals surface area contributed by atoms with E-state index in [1.54, 1.807) is 17.5 Å². The topological polar surface area (TPSA) is 56.7 Å². The summed E-state index contributed by atoms with van der Waals surface area (Å²) in [4.78, 5) is 4.24. The lowest BCUT2D eigenvalue weighted by molar-refractivity contribution is 0.812. The second kappa shape index (κ2) is 4.55. The van der Waals surface area contributed by atoms with E-state index in [2.05, 4.69) is 17.0 Å². The lowest BCUT2D eigenvalue weighted by Crippen LogP contribution is -2.02. The first kappa shape index (κ1) is 10.3. The van der Waals surface area contributed by atoms with E-state index in [1.807, 2.05) is 16.3 Å². The number of rotatable bonds is 4. The van der Waals surface area contributed by atoms with Crippen molar-refractivity contribution in [3.8, 4) is 5.13 Å². The molecule has 4 nitrogen and oxygen atoms in total. The second-order valence-electron chi connectivity index (χ2n) is 3.37. The highest BCUT2D eigenvalue weighted by Gasteiger charge is 2.08. The zero-order chi connectivity index (χ0) is 10.7. The molecule has 0 aliphatic carbocycles. The maximum atomic E-state index is 5.49. The molecule has 2 aromatic heterocycles. The van der Waals surface area contributed by atoms with E-state index in [1.165, 1.54) is 11.3 Å². The van der Waals surface area contributed by atoms with Crippen molar-refractivity contribution in [2.24, 2.45) is 5.73 Å². The summed E-state index contributed by atoms with van der Waals surface area (Å²) in [6, 6.07) is 0. The van der Waals surface area contributed by atoms with Gasteiger partial charge in [0.25, 0.3) is 0 Å². The van der Waals surface area contributed by atoms with Crippen LogP contribution in [0.2, 0.25) is 0 Å². The third kappa shape index (κ3) is 2.08. The fourth-order valence-electron chi connectivity index (χ4n) is 1.49. The summed E-state index contributed by atoms with van der Waals surface area (Å²) in [7, 11) is 0. The molecule has 5 heteroatoms. The van der Waals surface area contributed by atoms with Crippen LogP contribution in [-0.4, -0.2) is 21.3 Å². The summed E-state index contributed by atoms with van der Waals surface area (Å²) >= 11 is 1.59. The van der Waals surface area contributed by atoms with E-state index >= 15 is 0 Å². The Hall–Kier alpha value is -1.20. The Morgan fingerprint density at radius 2 is 2.40 bits per heavy atom. The smallest absolute Gasteiger partial charge is 0.210 e. The van der Waals surface area contributed by atoms with Crippen molar-refractivity contribution in [3.63, 3.8) is 0 Å². The van der Waals surface area contributed by atoms with E-state index in [-0.39, 0.29) is 0 Å². The third-order valence-electron chi connectivity index (χ3n) is 2.36. The quantitative estimate of drug-likeness (QED) is 0.853. The molecule has 0 atom stereocenters. The van der Waals surface area contributed by atoms with E-state index in [0.717, 1.165) is 24.5 Å². The van der Waals surface area contributed by atoms with Gasteiger partial charge >= 0.3 is 0 Å². The first-order valence-electron chi connectivity index (χ1n) is 4.96. The van der Waals surface area contributed by atoms with E-state index in [4.69, 9.17) is 5.73 Å². The molecule has 0 aliphatic heterocycles. The monoisotopic (exact) mass is 222 g/mol. The highest BCUT2D eigenvalue weighted by atomic mass is 32.1. The summed E-state index contributed by atoms with van der Waals surface area (Å²) in [5.41, 5.74) is 7.92. The third-order valence-corrected chi connectivity index (χ3v) is 3.11. The van der Waals surface area contributed by atoms with Gasteiger partial charge in [0, 0.05) is 17.3 Å². The fraction of sp³-hybridized carbons (Fsp3) is 0.400. The molecule has 0 aromatic carbocycles. The van der Waals surface area contributed by atoms with Gasteiger partial charge in [0.15, 0.2) is 0 Å². The number of nitrogens with two attached hydrogens (primary N) is 1. The van der Waals surface area contributed by atoms with Crippen molar-refractivity contribution in [2.75, 3.05) is 6.54 Å². The number of hydrogen-bond donors (Lipinski definition) is 1. The average molecular weight is 222 g/mol. The van der Waals surface area contributed by atoms with Crippen molar-refractivity contribution in [1.82, 2.24) is 14.8 Å². The molecule has 15 heavy (non-hydrogen) atoms. The molecule has 2 rings (SSSR count). The number of nitrogens with zero attached hydrogens (tertiary/aromatic N) is 3. The summed E-state index contributed by atoms with van der Waals surface area (Å²) < 4.78 is 1.89. The van der Waals surface area contributed by atoms with Crippen molar-refractivity contribution >= 4 is 11.3 Å². The van der Waals surface area contributed by atoms with Gasteiger partial charge < -0.3 is 5.73 Å². The Labute approximate surface area is 92.8 Å². The van der Waals surface area contributed by atoms with Crippen molar-refractivity contribution < 1.29 is 0 Å². The number of aromatic nitrogens is 3. The fourth-order valence-corrected chi connectivity index (χ4v) is 2.14. The molecule has 80 valence electrons. The minimum absolute atomic E-state index is 0.724. The predicted octanol–water partition coefficient (Wildman–Crippen LogP) is 1.53.